The lowest BCUT2D eigenvalue weighted by molar-refractivity contribution is 0.0690. The zero-order valence-electron chi connectivity index (χ0n) is 14.5. The molecule has 1 N–H and O–H groups in total. The third-order valence-electron chi connectivity index (χ3n) is 4.64. The van der Waals surface area contributed by atoms with Crippen LogP contribution in [0.2, 0.25) is 5.02 Å². The molecule has 1 aliphatic rings. The van der Waals surface area contributed by atoms with Gasteiger partial charge in [0.2, 0.25) is 0 Å². The highest BCUT2D eigenvalue weighted by molar-refractivity contribution is 6.30. The van der Waals surface area contributed by atoms with Crippen LogP contribution in [-0.2, 0) is 0 Å². The molecule has 0 saturated carbocycles. The van der Waals surface area contributed by atoms with Crippen molar-refractivity contribution in [3.8, 4) is 5.75 Å². The molecule has 1 aliphatic heterocycles. The van der Waals surface area contributed by atoms with Crippen molar-refractivity contribution in [3.63, 3.8) is 0 Å². The number of hydrogen-bond donors (Lipinski definition) is 1. The van der Waals surface area contributed by atoms with E-state index in [0.717, 1.165) is 24.4 Å². The van der Waals surface area contributed by atoms with Crippen molar-refractivity contribution in [1.29, 1.82) is 0 Å². The van der Waals surface area contributed by atoms with E-state index >= 15 is 0 Å². The summed E-state index contributed by atoms with van der Waals surface area (Å²) in [6.07, 6.45) is 3.43. The molecule has 1 amide bonds. The molecule has 1 aromatic heterocycles. The Morgan fingerprint density at radius 2 is 1.92 bits per heavy atom. The number of nitrogens with one attached hydrogen (secondary N) is 1. The van der Waals surface area contributed by atoms with Crippen LogP contribution in [0.15, 0.2) is 42.6 Å². The Hall–Kier alpha value is -2.27. The van der Waals surface area contributed by atoms with E-state index in [4.69, 9.17) is 16.3 Å². The maximum absolute atomic E-state index is 12.6. The van der Waals surface area contributed by atoms with E-state index in [1.807, 2.05) is 17.0 Å². The Morgan fingerprint density at radius 3 is 2.56 bits per heavy atom. The fourth-order valence-corrected chi connectivity index (χ4v) is 3.15. The second kappa shape index (κ2) is 7.31. The molecule has 2 aromatic rings. The lowest BCUT2D eigenvalue weighted by atomic mass is 9.89. The van der Waals surface area contributed by atoms with Crippen LogP contribution in [0.1, 0.15) is 30.1 Å². The van der Waals surface area contributed by atoms with E-state index in [9.17, 15) is 4.79 Å². The number of halogens is 1. The van der Waals surface area contributed by atoms with E-state index in [2.05, 4.69) is 17.2 Å². The number of piperidine rings is 1. The van der Waals surface area contributed by atoms with Crippen molar-refractivity contribution < 1.29 is 9.53 Å². The van der Waals surface area contributed by atoms with Crippen LogP contribution in [0.4, 0.5) is 5.82 Å². The van der Waals surface area contributed by atoms with Gasteiger partial charge in [-0.15, -0.1) is 0 Å². The standard InChI is InChI=1S/C19H22ClN3O2/c1-19(22-17-13-16(25-2)7-10-21-17)8-11-23(12-9-19)18(24)14-3-5-15(20)6-4-14/h3-7,10,13H,8-9,11-12H2,1-2H3,(H,21,22). The number of nitrogens with zero attached hydrogens (tertiary/aromatic N) is 2. The highest BCUT2D eigenvalue weighted by atomic mass is 35.5. The highest BCUT2D eigenvalue weighted by Crippen LogP contribution is 2.28. The minimum atomic E-state index is -0.101. The third-order valence-corrected chi connectivity index (χ3v) is 4.89. The molecule has 1 fully saturated rings. The van der Waals surface area contributed by atoms with Crippen molar-refractivity contribution >= 4 is 23.3 Å². The zero-order chi connectivity index (χ0) is 17.9. The highest BCUT2D eigenvalue weighted by Gasteiger charge is 2.32. The summed E-state index contributed by atoms with van der Waals surface area (Å²) in [6, 6.07) is 10.8. The van der Waals surface area contributed by atoms with Crippen LogP contribution in [0.5, 0.6) is 5.75 Å². The molecule has 1 saturated heterocycles. The summed E-state index contributed by atoms with van der Waals surface area (Å²) in [5.41, 5.74) is 0.575. The minimum absolute atomic E-state index is 0.0539. The predicted octanol–water partition coefficient (Wildman–Crippen LogP) is 3.85. The van der Waals surface area contributed by atoms with Crippen molar-refractivity contribution in [1.82, 2.24) is 9.88 Å². The smallest absolute Gasteiger partial charge is 0.253 e. The normalized spacial score (nSPS) is 16.4. The number of benzene rings is 1. The molecular formula is C19H22ClN3O2. The first-order chi connectivity index (χ1) is 12.0. The summed E-state index contributed by atoms with van der Waals surface area (Å²) in [5, 5.41) is 4.13. The van der Waals surface area contributed by atoms with E-state index in [1.54, 1.807) is 37.6 Å². The molecule has 0 atom stereocenters. The van der Waals surface area contributed by atoms with Gasteiger partial charge in [-0.1, -0.05) is 11.6 Å². The maximum Gasteiger partial charge on any atom is 0.253 e. The number of anilines is 1. The Morgan fingerprint density at radius 1 is 1.24 bits per heavy atom. The number of carbonyl (C=O) groups excluding carboxylic acids is 1. The summed E-state index contributed by atoms with van der Waals surface area (Å²) in [4.78, 5) is 18.8. The van der Waals surface area contributed by atoms with Crippen molar-refractivity contribution in [3.05, 3.63) is 53.2 Å². The van der Waals surface area contributed by atoms with E-state index in [-0.39, 0.29) is 11.4 Å². The molecule has 5 nitrogen and oxygen atoms in total. The van der Waals surface area contributed by atoms with Gasteiger partial charge in [-0.3, -0.25) is 4.79 Å². The molecule has 0 radical (unpaired) electrons. The lowest BCUT2D eigenvalue weighted by Crippen LogP contribution is -2.49. The number of aromatic nitrogens is 1. The quantitative estimate of drug-likeness (QED) is 0.900. The second-order valence-corrected chi connectivity index (χ2v) is 7.00. The van der Waals surface area contributed by atoms with Crippen molar-refractivity contribution in [2.24, 2.45) is 0 Å². The van der Waals surface area contributed by atoms with Crippen LogP contribution in [0.25, 0.3) is 0 Å². The second-order valence-electron chi connectivity index (χ2n) is 6.57. The third kappa shape index (κ3) is 4.23. The number of methoxy groups -OCH3 is 1. The van der Waals surface area contributed by atoms with Gasteiger partial charge < -0.3 is 15.0 Å². The van der Waals surface area contributed by atoms with Crippen LogP contribution in [0.3, 0.4) is 0 Å². The number of ether oxygens (including phenoxy) is 1. The Kier molecular flexibility index (Phi) is 5.13. The van der Waals surface area contributed by atoms with Gasteiger partial charge >= 0.3 is 0 Å². The van der Waals surface area contributed by atoms with Gasteiger partial charge in [0.15, 0.2) is 0 Å². The molecule has 132 valence electrons. The number of likely N-dealkylation sites (tertiary alicyclic amines) is 1. The summed E-state index contributed by atoms with van der Waals surface area (Å²) in [7, 11) is 1.64. The first-order valence-corrected chi connectivity index (χ1v) is 8.70. The fraction of sp³-hybridized carbons (Fsp3) is 0.368. The average molecular weight is 360 g/mol. The summed E-state index contributed by atoms with van der Waals surface area (Å²) >= 11 is 5.89. The summed E-state index contributed by atoms with van der Waals surface area (Å²) < 4.78 is 5.24. The molecule has 0 aliphatic carbocycles. The van der Waals surface area contributed by atoms with Crippen LogP contribution >= 0.6 is 11.6 Å². The summed E-state index contributed by atoms with van der Waals surface area (Å²) in [6.45, 7) is 3.57. The van der Waals surface area contributed by atoms with Crippen LogP contribution < -0.4 is 10.1 Å². The van der Waals surface area contributed by atoms with E-state index in [0.29, 0.717) is 23.7 Å². The lowest BCUT2D eigenvalue weighted by Gasteiger charge is -2.40. The van der Waals surface area contributed by atoms with Gasteiger partial charge in [-0.2, -0.15) is 0 Å². The first-order valence-electron chi connectivity index (χ1n) is 8.32. The van der Waals surface area contributed by atoms with Crippen LogP contribution in [-0.4, -0.2) is 41.5 Å². The van der Waals surface area contributed by atoms with Gasteiger partial charge in [0.1, 0.15) is 11.6 Å². The molecule has 2 heterocycles. The monoisotopic (exact) mass is 359 g/mol. The molecule has 6 heteroatoms. The predicted molar refractivity (Wildman–Crippen MR) is 99.4 cm³/mol. The largest absolute Gasteiger partial charge is 0.497 e. The topological polar surface area (TPSA) is 54.5 Å². The SMILES string of the molecule is COc1ccnc(NC2(C)CCN(C(=O)c3ccc(Cl)cc3)CC2)c1. The number of carbonyl (C=O) groups is 1. The summed E-state index contributed by atoms with van der Waals surface area (Å²) in [5.74, 6) is 1.62. The van der Waals surface area contributed by atoms with E-state index < -0.39 is 0 Å². The van der Waals surface area contributed by atoms with Crippen molar-refractivity contribution in [2.75, 3.05) is 25.5 Å². The minimum Gasteiger partial charge on any atom is -0.497 e. The molecule has 0 unspecified atom stereocenters. The molecule has 1 aromatic carbocycles. The van der Waals surface area contributed by atoms with Gasteiger partial charge in [0.25, 0.3) is 5.91 Å². The van der Waals surface area contributed by atoms with Crippen molar-refractivity contribution in [2.45, 2.75) is 25.3 Å². The zero-order valence-corrected chi connectivity index (χ0v) is 15.2. The fourth-order valence-electron chi connectivity index (χ4n) is 3.02. The number of rotatable bonds is 4. The molecule has 25 heavy (non-hydrogen) atoms. The Balaban J connectivity index is 1.62. The Bertz CT molecular complexity index is 741. The van der Waals surface area contributed by atoms with Gasteiger partial charge in [0, 0.05) is 41.5 Å². The van der Waals surface area contributed by atoms with Gasteiger partial charge in [-0.25, -0.2) is 4.98 Å². The Labute approximate surface area is 153 Å². The molecule has 0 bridgehead atoms. The molecule has 0 spiro atoms. The number of amides is 1. The maximum atomic E-state index is 12.6. The number of hydrogen-bond acceptors (Lipinski definition) is 4. The average Bonchev–Trinajstić information content (AvgIpc) is 2.62. The van der Waals surface area contributed by atoms with Crippen LogP contribution in [0, 0.1) is 0 Å². The molecular weight excluding hydrogens is 338 g/mol. The first kappa shape index (κ1) is 17.5. The van der Waals surface area contributed by atoms with Gasteiger partial charge in [-0.05, 0) is 50.1 Å². The number of pyridine rings is 1. The van der Waals surface area contributed by atoms with Gasteiger partial charge in [0.05, 0.1) is 7.11 Å². The molecule has 3 rings (SSSR count). The van der Waals surface area contributed by atoms with E-state index in [1.165, 1.54) is 0 Å².